The molecule has 0 saturated carbocycles. The lowest BCUT2D eigenvalue weighted by Gasteiger charge is -2.32. The molecule has 3 aromatic heterocycles. The van der Waals surface area contributed by atoms with Gasteiger partial charge in [-0.05, 0) is 37.0 Å². The van der Waals surface area contributed by atoms with Crippen LogP contribution in [0.5, 0.6) is 0 Å². The summed E-state index contributed by atoms with van der Waals surface area (Å²) in [5.74, 6) is -0.00759. The van der Waals surface area contributed by atoms with E-state index < -0.39 is 5.97 Å². The predicted octanol–water partition coefficient (Wildman–Crippen LogP) is 3.14. The molecule has 1 unspecified atom stereocenters. The van der Waals surface area contributed by atoms with Crippen LogP contribution in [0.25, 0.3) is 17.0 Å². The van der Waals surface area contributed by atoms with E-state index in [1.54, 1.807) is 18.5 Å². The number of imidazole rings is 1. The molecular formula is C18H18ClN5O2. The Morgan fingerprint density at radius 2 is 2.19 bits per heavy atom. The lowest BCUT2D eigenvalue weighted by Crippen LogP contribution is -2.37. The Morgan fingerprint density at radius 3 is 3.04 bits per heavy atom. The van der Waals surface area contributed by atoms with Gasteiger partial charge >= 0.3 is 5.97 Å². The first-order chi connectivity index (χ1) is 12.6. The summed E-state index contributed by atoms with van der Waals surface area (Å²) in [7, 11) is 0. The molecule has 0 amide bonds. The molecule has 4 rings (SSSR count). The molecule has 0 radical (unpaired) electrons. The maximum Gasteiger partial charge on any atom is 0.303 e. The molecule has 8 heteroatoms. The van der Waals surface area contributed by atoms with Gasteiger partial charge < -0.3 is 10.0 Å². The quantitative estimate of drug-likeness (QED) is 0.758. The minimum atomic E-state index is -0.755. The number of halogens is 1. The fourth-order valence-corrected chi connectivity index (χ4v) is 3.61. The van der Waals surface area contributed by atoms with E-state index in [2.05, 4.69) is 14.9 Å². The van der Waals surface area contributed by atoms with Gasteiger partial charge in [0.2, 0.25) is 5.95 Å². The molecule has 0 spiro atoms. The van der Waals surface area contributed by atoms with E-state index in [9.17, 15) is 4.79 Å². The third-order valence-electron chi connectivity index (χ3n) is 4.64. The average Bonchev–Trinajstić information content (AvgIpc) is 3.04. The first kappa shape index (κ1) is 16.8. The minimum absolute atomic E-state index is 0.128. The Hall–Kier alpha value is -2.67. The zero-order chi connectivity index (χ0) is 18.1. The van der Waals surface area contributed by atoms with E-state index in [0.29, 0.717) is 17.5 Å². The summed E-state index contributed by atoms with van der Waals surface area (Å²) in [6, 6.07) is 5.50. The SMILES string of the molecule is O=C(O)CC1CCCN(c2nccc(-c3cnc4ccc(Cl)cn34)n2)C1. The lowest BCUT2D eigenvalue weighted by atomic mass is 9.95. The fourth-order valence-electron chi connectivity index (χ4n) is 3.45. The van der Waals surface area contributed by atoms with Crippen LogP contribution in [0, 0.1) is 5.92 Å². The Kier molecular flexibility index (Phi) is 4.46. The van der Waals surface area contributed by atoms with Crippen LogP contribution in [0.15, 0.2) is 36.8 Å². The van der Waals surface area contributed by atoms with Crippen LogP contribution < -0.4 is 4.90 Å². The van der Waals surface area contributed by atoms with Crippen molar-refractivity contribution in [3.8, 4) is 11.4 Å². The Balaban J connectivity index is 1.64. The molecular weight excluding hydrogens is 354 g/mol. The van der Waals surface area contributed by atoms with Crippen LogP contribution in [-0.2, 0) is 4.79 Å². The summed E-state index contributed by atoms with van der Waals surface area (Å²) < 4.78 is 1.90. The fraction of sp³-hybridized carbons (Fsp3) is 0.333. The van der Waals surface area contributed by atoms with Gasteiger partial charge in [-0.3, -0.25) is 9.20 Å². The van der Waals surface area contributed by atoms with Crippen LogP contribution in [0.3, 0.4) is 0 Å². The van der Waals surface area contributed by atoms with Crippen molar-refractivity contribution in [2.24, 2.45) is 5.92 Å². The van der Waals surface area contributed by atoms with E-state index in [0.717, 1.165) is 36.4 Å². The van der Waals surface area contributed by atoms with E-state index in [4.69, 9.17) is 21.7 Å². The molecule has 0 bridgehead atoms. The number of carboxylic acid groups (broad SMARTS) is 1. The first-order valence-corrected chi connectivity index (χ1v) is 8.91. The lowest BCUT2D eigenvalue weighted by molar-refractivity contribution is -0.138. The molecule has 4 heterocycles. The number of fused-ring (bicyclic) bond motifs is 1. The highest BCUT2D eigenvalue weighted by Crippen LogP contribution is 2.25. The zero-order valence-corrected chi connectivity index (χ0v) is 14.8. The number of rotatable bonds is 4. The van der Waals surface area contributed by atoms with Gasteiger partial charge in [0.1, 0.15) is 5.65 Å². The minimum Gasteiger partial charge on any atom is -0.481 e. The van der Waals surface area contributed by atoms with Crippen molar-refractivity contribution in [3.05, 3.63) is 41.8 Å². The maximum atomic E-state index is 11.0. The van der Waals surface area contributed by atoms with Gasteiger partial charge in [0, 0.05) is 31.9 Å². The number of hydrogen-bond acceptors (Lipinski definition) is 5. The van der Waals surface area contributed by atoms with Crippen LogP contribution >= 0.6 is 11.6 Å². The summed E-state index contributed by atoms with van der Waals surface area (Å²) in [6.45, 7) is 1.49. The second-order valence-electron chi connectivity index (χ2n) is 6.51. The highest BCUT2D eigenvalue weighted by atomic mass is 35.5. The summed E-state index contributed by atoms with van der Waals surface area (Å²) in [5, 5.41) is 9.67. The van der Waals surface area contributed by atoms with Gasteiger partial charge in [-0.2, -0.15) is 0 Å². The van der Waals surface area contributed by atoms with Crippen molar-refractivity contribution in [2.75, 3.05) is 18.0 Å². The highest BCUT2D eigenvalue weighted by Gasteiger charge is 2.24. The molecule has 134 valence electrons. The molecule has 1 saturated heterocycles. The zero-order valence-electron chi connectivity index (χ0n) is 14.0. The van der Waals surface area contributed by atoms with Crippen molar-refractivity contribution in [1.29, 1.82) is 0 Å². The van der Waals surface area contributed by atoms with Gasteiger partial charge in [-0.15, -0.1) is 0 Å². The highest BCUT2D eigenvalue weighted by molar-refractivity contribution is 6.30. The predicted molar refractivity (Wildman–Crippen MR) is 98.4 cm³/mol. The Bertz CT molecular complexity index is 958. The summed E-state index contributed by atoms with van der Waals surface area (Å²) in [4.78, 5) is 26.5. The number of piperidine rings is 1. The summed E-state index contributed by atoms with van der Waals surface area (Å²) >= 11 is 6.11. The molecule has 1 fully saturated rings. The van der Waals surface area contributed by atoms with Gasteiger partial charge in [-0.1, -0.05) is 11.6 Å². The number of nitrogens with zero attached hydrogens (tertiary/aromatic N) is 5. The summed E-state index contributed by atoms with van der Waals surface area (Å²) in [6.07, 6.45) is 7.35. The summed E-state index contributed by atoms with van der Waals surface area (Å²) in [5.41, 5.74) is 2.39. The molecule has 0 aromatic carbocycles. The third kappa shape index (κ3) is 3.35. The van der Waals surface area contributed by atoms with Crippen LogP contribution in [0.4, 0.5) is 5.95 Å². The van der Waals surface area contributed by atoms with E-state index in [1.165, 1.54) is 0 Å². The first-order valence-electron chi connectivity index (χ1n) is 8.53. The van der Waals surface area contributed by atoms with Gasteiger partial charge in [0.15, 0.2) is 0 Å². The Labute approximate surface area is 155 Å². The second-order valence-corrected chi connectivity index (χ2v) is 6.95. The Morgan fingerprint density at radius 1 is 1.31 bits per heavy atom. The number of anilines is 1. The van der Waals surface area contributed by atoms with Gasteiger partial charge in [0.25, 0.3) is 0 Å². The van der Waals surface area contributed by atoms with E-state index in [1.807, 2.05) is 22.7 Å². The molecule has 26 heavy (non-hydrogen) atoms. The van der Waals surface area contributed by atoms with Crippen molar-refractivity contribution < 1.29 is 9.90 Å². The molecule has 0 aliphatic carbocycles. The standard InChI is InChI=1S/C18H18ClN5O2/c19-13-3-4-16-21-9-15(24(16)11-13)14-5-6-20-18(22-14)23-7-1-2-12(10-23)8-17(25)26/h3-6,9,11-12H,1-2,7-8,10H2,(H,25,26). The molecule has 1 aliphatic rings. The average molecular weight is 372 g/mol. The maximum absolute atomic E-state index is 11.0. The second kappa shape index (κ2) is 6.92. The molecule has 1 atom stereocenters. The number of pyridine rings is 1. The molecule has 1 aliphatic heterocycles. The van der Waals surface area contributed by atoms with Crippen molar-refractivity contribution in [3.63, 3.8) is 0 Å². The van der Waals surface area contributed by atoms with E-state index in [-0.39, 0.29) is 12.3 Å². The van der Waals surface area contributed by atoms with Gasteiger partial charge in [-0.25, -0.2) is 15.0 Å². The van der Waals surface area contributed by atoms with Gasteiger partial charge in [0.05, 0.1) is 22.6 Å². The topological polar surface area (TPSA) is 83.6 Å². The van der Waals surface area contributed by atoms with Crippen LogP contribution in [0.2, 0.25) is 5.02 Å². The molecule has 3 aromatic rings. The number of carbonyl (C=O) groups is 1. The van der Waals surface area contributed by atoms with Crippen molar-refractivity contribution in [2.45, 2.75) is 19.3 Å². The third-order valence-corrected chi connectivity index (χ3v) is 4.86. The van der Waals surface area contributed by atoms with Crippen LogP contribution in [-0.4, -0.2) is 43.5 Å². The van der Waals surface area contributed by atoms with E-state index >= 15 is 0 Å². The van der Waals surface area contributed by atoms with Crippen LogP contribution in [0.1, 0.15) is 19.3 Å². The number of carboxylic acids is 1. The smallest absolute Gasteiger partial charge is 0.303 e. The normalized spacial score (nSPS) is 17.6. The van der Waals surface area contributed by atoms with Crippen molar-refractivity contribution >= 4 is 29.2 Å². The van der Waals surface area contributed by atoms with Crippen molar-refractivity contribution in [1.82, 2.24) is 19.4 Å². The number of aliphatic carboxylic acids is 1. The monoisotopic (exact) mass is 371 g/mol. The molecule has 7 nitrogen and oxygen atoms in total. The number of aromatic nitrogens is 4. The molecule has 1 N–H and O–H groups in total. The largest absolute Gasteiger partial charge is 0.481 e. The number of hydrogen-bond donors (Lipinski definition) is 1.